The summed E-state index contributed by atoms with van der Waals surface area (Å²) in [6.07, 6.45) is 1.99. The molecule has 0 saturated carbocycles. The van der Waals surface area contributed by atoms with Crippen molar-refractivity contribution in [3.8, 4) is 0 Å². The average Bonchev–Trinajstić information content (AvgIpc) is 2.41. The van der Waals surface area contributed by atoms with E-state index in [1.807, 2.05) is 26.8 Å². The smallest absolute Gasteiger partial charge is 0.158 e. The molecule has 5 heteroatoms. The number of hydrogen-bond donors (Lipinski definition) is 0. The Balaban J connectivity index is 2.34. The normalized spacial score (nSPS) is 25.4. The Kier molecular flexibility index (Phi) is 4.25. The lowest BCUT2D eigenvalue weighted by Gasteiger charge is -2.31. The molecule has 0 atom stereocenters. The average molecular weight is 248 g/mol. The van der Waals surface area contributed by atoms with Crippen molar-refractivity contribution in [2.75, 3.05) is 32.8 Å². The third kappa shape index (κ3) is 2.67. The molecule has 0 unspecified atom stereocenters. The first-order valence-corrected chi connectivity index (χ1v) is 6.44. The summed E-state index contributed by atoms with van der Waals surface area (Å²) in [7, 11) is 0. The summed E-state index contributed by atoms with van der Waals surface area (Å²) in [6, 6.07) is 0. The molecular weight excluding hydrogens is 228 g/mol. The summed E-state index contributed by atoms with van der Waals surface area (Å²) in [5.74, 6) is 1.74. The van der Waals surface area contributed by atoms with Gasteiger partial charge in [-0.15, -0.1) is 0 Å². The van der Waals surface area contributed by atoms with E-state index in [0.717, 1.165) is 55.9 Å². The van der Waals surface area contributed by atoms with Crippen LogP contribution in [0.5, 0.6) is 0 Å². The number of ether oxygens (including phenoxy) is 1. The lowest BCUT2D eigenvalue weighted by molar-refractivity contribution is 0.0689. The topological polar surface area (TPSA) is 49.5 Å². The third-order valence-corrected chi connectivity index (χ3v) is 2.90. The Labute approximate surface area is 108 Å². The van der Waals surface area contributed by atoms with Crippen molar-refractivity contribution in [3.05, 3.63) is 11.8 Å². The maximum absolute atomic E-state index is 5.38. The molecule has 2 rings (SSSR count). The summed E-state index contributed by atoms with van der Waals surface area (Å²) >= 11 is 0. The molecule has 0 spiro atoms. The fourth-order valence-corrected chi connectivity index (χ4v) is 2.08. The van der Waals surface area contributed by atoms with Crippen LogP contribution in [-0.2, 0) is 4.74 Å². The highest BCUT2D eigenvalue weighted by molar-refractivity contribution is 6.49. The monoisotopic (exact) mass is 248 g/mol. The first-order chi connectivity index (χ1) is 8.76. The number of nitrogens with zero attached hydrogens (tertiary/aromatic N) is 4. The number of hydrogen-bond acceptors (Lipinski definition) is 5. The zero-order chi connectivity index (χ0) is 13.0. The van der Waals surface area contributed by atoms with Crippen LogP contribution in [0.15, 0.2) is 26.8 Å². The maximum atomic E-state index is 5.38. The quantitative estimate of drug-likeness (QED) is 0.706. The largest absolute Gasteiger partial charge is 0.378 e. The van der Waals surface area contributed by atoms with Gasteiger partial charge in [-0.2, -0.15) is 0 Å². The second-order valence-corrected chi connectivity index (χ2v) is 4.19. The summed E-state index contributed by atoms with van der Waals surface area (Å²) in [5, 5.41) is 0. The summed E-state index contributed by atoms with van der Waals surface area (Å²) in [4.78, 5) is 15.8. The van der Waals surface area contributed by atoms with Crippen LogP contribution in [0.4, 0.5) is 0 Å². The molecule has 1 saturated heterocycles. The van der Waals surface area contributed by atoms with Gasteiger partial charge in [-0.1, -0.05) is 6.08 Å². The van der Waals surface area contributed by atoms with Gasteiger partial charge in [0.1, 0.15) is 11.5 Å². The van der Waals surface area contributed by atoms with Crippen molar-refractivity contribution < 1.29 is 4.74 Å². The molecule has 1 fully saturated rings. The summed E-state index contributed by atoms with van der Waals surface area (Å²) < 4.78 is 5.38. The molecule has 2 heterocycles. The SMILES string of the molecule is C/C=C1/N=C(C)N=C(N2CCOCC2)C1=NCC. The van der Waals surface area contributed by atoms with E-state index in [-0.39, 0.29) is 0 Å². The minimum Gasteiger partial charge on any atom is -0.378 e. The van der Waals surface area contributed by atoms with Gasteiger partial charge < -0.3 is 9.64 Å². The molecule has 0 radical (unpaired) electrons. The van der Waals surface area contributed by atoms with Crippen molar-refractivity contribution >= 4 is 17.4 Å². The number of morpholine rings is 1. The number of rotatable bonds is 1. The lowest BCUT2D eigenvalue weighted by Crippen LogP contribution is -2.45. The van der Waals surface area contributed by atoms with Crippen molar-refractivity contribution in [3.63, 3.8) is 0 Å². The van der Waals surface area contributed by atoms with Gasteiger partial charge in [-0.25, -0.2) is 9.98 Å². The minimum atomic E-state index is 0.741. The van der Waals surface area contributed by atoms with Crippen molar-refractivity contribution in [1.82, 2.24) is 4.90 Å². The van der Waals surface area contributed by atoms with E-state index in [1.165, 1.54) is 0 Å². The van der Waals surface area contributed by atoms with Gasteiger partial charge in [-0.05, 0) is 20.8 Å². The van der Waals surface area contributed by atoms with Crippen molar-refractivity contribution in [2.45, 2.75) is 20.8 Å². The Bertz CT molecular complexity index is 428. The highest BCUT2D eigenvalue weighted by Gasteiger charge is 2.25. The van der Waals surface area contributed by atoms with Crippen LogP contribution in [0.25, 0.3) is 0 Å². The Morgan fingerprint density at radius 3 is 2.67 bits per heavy atom. The molecule has 0 N–H and O–H groups in total. The van der Waals surface area contributed by atoms with Gasteiger partial charge in [0, 0.05) is 19.6 Å². The molecule has 0 amide bonds. The van der Waals surface area contributed by atoms with Crippen LogP contribution in [0.1, 0.15) is 20.8 Å². The molecule has 0 aromatic heterocycles. The van der Waals surface area contributed by atoms with E-state index in [9.17, 15) is 0 Å². The summed E-state index contributed by atoms with van der Waals surface area (Å²) in [5.41, 5.74) is 1.83. The third-order valence-electron chi connectivity index (χ3n) is 2.90. The molecular formula is C13H20N4O. The van der Waals surface area contributed by atoms with Gasteiger partial charge in [0.15, 0.2) is 5.84 Å². The van der Waals surface area contributed by atoms with Crippen molar-refractivity contribution in [1.29, 1.82) is 0 Å². The van der Waals surface area contributed by atoms with Crippen LogP contribution >= 0.6 is 0 Å². The number of aliphatic imine (C=N–C) groups is 3. The molecule has 5 nitrogen and oxygen atoms in total. The van der Waals surface area contributed by atoms with E-state index >= 15 is 0 Å². The predicted molar refractivity (Wildman–Crippen MR) is 74.7 cm³/mol. The first-order valence-electron chi connectivity index (χ1n) is 6.44. The maximum Gasteiger partial charge on any atom is 0.158 e. The predicted octanol–water partition coefficient (Wildman–Crippen LogP) is 1.51. The van der Waals surface area contributed by atoms with Crippen LogP contribution in [0, 0.1) is 0 Å². The molecule has 0 aliphatic carbocycles. The van der Waals surface area contributed by atoms with E-state index < -0.39 is 0 Å². The second-order valence-electron chi connectivity index (χ2n) is 4.19. The Morgan fingerprint density at radius 2 is 2.06 bits per heavy atom. The van der Waals surface area contributed by atoms with Crippen LogP contribution in [0.3, 0.4) is 0 Å². The van der Waals surface area contributed by atoms with Crippen molar-refractivity contribution in [2.24, 2.45) is 15.0 Å². The van der Waals surface area contributed by atoms with E-state index in [4.69, 9.17) is 4.74 Å². The fraction of sp³-hybridized carbons (Fsp3) is 0.615. The van der Waals surface area contributed by atoms with Gasteiger partial charge in [0.2, 0.25) is 0 Å². The van der Waals surface area contributed by atoms with Gasteiger partial charge >= 0.3 is 0 Å². The first kappa shape index (κ1) is 13.0. The minimum absolute atomic E-state index is 0.741. The van der Waals surface area contributed by atoms with Gasteiger partial charge in [-0.3, -0.25) is 4.99 Å². The number of amidine groups is 2. The van der Waals surface area contributed by atoms with E-state index in [2.05, 4.69) is 19.9 Å². The second kappa shape index (κ2) is 5.91. The molecule has 18 heavy (non-hydrogen) atoms. The van der Waals surface area contributed by atoms with Crippen LogP contribution in [0.2, 0.25) is 0 Å². The highest BCUT2D eigenvalue weighted by atomic mass is 16.5. The molecule has 0 aromatic carbocycles. The van der Waals surface area contributed by atoms with E-state index in [0.29, 0.717) is 0 Å². The zero-order valence-corrected chi connectivity index (χ0v) is 11.3. The molecule has 2 aliphatic rings. The summed E-state index contributed by atoms with van der Waals surface area (Å²) in [6.45, 7) is 9.91. The Morgan fingerprint density at radius 1 is 1.33 bits per heavy atom. The lowest BCUT2D eigenvalue weighted by atomic mass is 10.2. The standard InChI is InChI=1S/C13H20N4O/c1-4-11-12(14-5-2)13(16-10(3)15-11)17-6-8-18-9-7-17/h4H,5-9H2,1-3H3/b11-4+,14-12?. The number of allylic oxidation sites excluding steroid dienone is 1. The Hall–Kier alpha value is -1.49. The van der Waals surface area contributed by atoms with Gasteiger partial charge in [0.25, 0.3) is 0 Å². The molecule has 0 aromatic rings. The molecule has 0 bridgehead atoms. The van der Waals surface area contributed by atoms with E-state index in [1.54, 1.807) is 0 Å². The highest BCUT2D eigenvalue weighted by Crippen LogP contribution is 2.14. The molecule has 2 aliphatic heterocycles. The van der Waals surface area contributed by atoms with Crippen LogP contribution in [-0.4, -0.2) is 55.1 Å². The zero-order valence-electron chi connectivity index (χ0n) is 11.3. The molecule has 98 valence electrons. The van der Waals surface area contributed by atoms with Crippen LogP contribution < -0.4 is 0 Å². The van der Waals surface area contributed by atoms with Gasteiger partial charge in [0.05, 0.1) is 18.9 Å². The fourth-order valence-electron chi connectivity index (χ4n) is 2.08.